The van der Waals surface area contributed by atoms with Gasteiger partial charge in [-0.15, -0.1) is 0 Å². The van der Waals surface area contributed by atoms with Crippen LogP contribution in [0.1, 0.15) is 27.7 Å². The Hall–Kier alpha value is -2.34. The number of nitrogens with two attached hydrogens (primary N) is 1. The fourth-order valence-electron chi connectivity index (χ4n) is 2.04. The van der Waals surface area contributed by atoms with E-state index in [-0.39, 0.29) is 24.1 Å². The molecule has 0 aromatic carbocycles. The van der Waals surface area contributed by atoms with Crippen molar-refractivity contribution in [3.63, 3.8) is 0 Å². The Balaban J connectivity index is 4.48. The molecule has 0 bridgehead atoms. The van der Waals surface area contributed by atoms with Crippen LogP contribution in [-0.4, -0.2) is 71.7 Å². The molecular weight excluding hydrogens is 402 g/mol. The number of aliphatic carboxylic acids is 1. The average molecular weight is 434 g/mol. The summed E-state index contributed by atoms with van der Waals surface area (Å²) in [5.74, 6) is -4.17. The minimum atomic E-state index is -1.19. The van der Waals surface area contributed by atoms with Crippen LogP contribution in [0.15, 0.2) is 0 Å². The quantitative estimate of drug-likeness (QED) is 0.171. The topological polar surface area (TPSA) is 180 Å². The van der Waals surface area contributed by atoms with Gasteiger partial charge >= 0.3 is 5.97 Å². The molecule has 0 spiro atoms. The van der Waals surface area contributed by atoms with Crippen molar-refractivity contribution in [1.82, 2.24) is 21.3 Å². The van der Waals surface area contributed by atoms with Crippen LogP contribution in [0.3, 0.4) is 0 Å². The highest BCUT2D eigenvalue weighted by atomic mass is 32.1. The summed E-state index contributed by atoms with van der Waals surface area (Å²) in [5, 5.41) is 18.5. The number of amides is 4. The molecule has 7 N–H and O–H groups in total. The Kier molecular flexibility index (Phi) is 11.9. The summed E-state index contributed by atoms with van der Waals surface area (Å²) >= 11 is 3.99. The Morgan fingerprint density at radius 1 is 0.862 bits per heavy atom. The molecule has 0 rings (SSSR count). The fraction of sp³-hybridized carbons (Fsp3) is 0.706. The summed E-state index contributed by atoms with van der Waals surface area (Å²) in [6.07, 6.45) is 0. The van der Waals surface area contributed by atoms with Crippen molar-refractivity contribution in [2.75, 3.05) is 18.8 Å². The van der Waals surface area contributed by atoms with E-state index in [0.29, 0.717) is 0 Å². The second-order valence-corrected chi connectivity index (χ2v) is 7.50. The number of carboxylic acids is 1. The average Bonchev–Trinajstić information content (AvgIpc) is 2.64. The van der Waals surface area contributed by atoms with E-state index >= 15 is 0 Å². The van der Waals surface area contributed by atoms with Gasteiger partial charge in [0.1, 0.15) is 12.1 Å². The number of hydrogen-bond acceptors (Lipinski definition) is 7. The van der Waals surface area contributed by atoms with Crippen LogP contribution >= 0.6 is 12.6 Å². The molecule has 0 aromatic heterocycles. The van der Waals surface area contributed by atoms with Crippen molar-refractivity contribution in [3.05, 3.63) is 0 Å². The zero-order valence-electron chi connectivity index (χ0n) is 17.0. The molecule has 0 saturated heterocycles. The smallest absolute Gasteiger partial charge is 0.326 e. The molecule has 0 heterocycles. The van der Waals surface area contributed by atoms with E-state index in [4.69, 9.17) is 10.8 Å². The summed E-state index contributed by atoms with van der Waals surface area (Å²) in [5.41, 5.74) is 5.65. The second kappa shape index (κ2) is 13.0. The summed E-state index contributed by atoms with van der Waals surface area (Å²) in [4.78, 5) is 58.7. The van der Waals surface area contributed by atoms with Gasteiger partial charge < -0.3 is 32.1 Å². The predicted molar refractivity (Wildman–Crippen MR) is 109 cm³/mol. The lowest BCUT2D eigenvalue weighted by Gasteiger charge is -2.22. The maximum absolute atomic E-state index is 12.2. The number of thiol groups is 1. The van der Waals surface area contributed by atoms with Gasteiger partial charge in [0, 0.05) is 5.75 Å². The zero-order chi connectivity index (χ0) is 22.7. The maximum atomic E-state index is 12.2. The van der Waals surface area contributed by atoms with Crippen LogP contribution in [0.4, 0.5) is 0 Å². The van der Waals surface area contributed by atoms with Gasteiger partial charge in [0.2, 0.25) is 23.6 Å². The molecule has 0 aliphatic heterocycles. The van der Waals surface area contributed by atoms with Crippen molar-refractivity contribution in [3.8, 4) is 0 Å². The van der Waals surface area contributed by atoms with Crippen molar-refractivity contribution in [2.24, 2.45) is 17.6 Å². The van der Waals surface area contributed by atoms with Gasteiger partial charge in [-0.25, -0.2) is 4.79 Å². The van der Waals surface area contributed by atoms with Gasteiger partial charge in [-0.05, 0) is 11.8 Å². The first-order valence-corrected chi connectivity index (χ1v) is 9.77. The van der Waals surface area contributed by atoms with Crippen LogP contribution < -0.4 is 27.0 Å². The van der Waals surface area contributed by atoms with E-state index < -0.39 is 54.3 Å². The van der Waals surface area contributed by atoms with Crippen molar-refractivity contribution in [2.45, 2.75) is 45.8 Å². The summed E-state index contributed by atoms with van der Waals surface area (Å²) in [6.45, 7) is 6.02. The highest BCUT2D eigenvalue weighted by Gasteiger charge is 2.27. The molecule has 0 saturated carbocycles. The maximum Gasteiger partial charge on any atom is 0.326 e. The summed E-state index contributed by atoms with van der Waals surface area (Å²) in [7, 11) is 0. The van der Waals surface area contributed by atoms with E-state index in [9.17, 15) is 24.0 Å². The highest BCUT2D eigenvalue weighted by molar-refractivity contribution is 7.80. The number of carbonyl (C=O) groups excluding carboxylic acids is 4. The molecule has 0 aromatic rings. The minimum absolute atomic E-state index is 0.0703. The Bertz CT molecular complexity index is 613. The Morgan fingerprint density at radius 2 is 1.41 bits per heavy atom. The molecule has 166 valence electrons. The Labute approximate surface area is 175 Å². The van der Waals surface area contributed by atoms with Crippen molar-refractivity contribution < 1.29 is 29.1 Å². The van der Waals surface area contributed by atoms with Gasteiger partial charge in [0.15, 0.2) is 0 Å². The number of rotatable bonds is 12. The van der Waals surface area contributed by atoms with Crippen LogP contribution in [0.25, 0.3) is 0 Å². The van der Waals surface area contributed by atoms with E-state index in [1.54, 1.807) is 27.7 Å². The molecule has 12 heteroatoms. The molecule has 0 aliphatic carbocycles. The number of hydrogen-bond donors (Lipinski definition) is 7. The molecule has 4 amide bonds. The van der Waals surface area contributed by atoms with Crippen molar-refractivity contribution in [1.29, 1.82) is 0 Å². The summed E-state index contributed by atoms with van der Waals surface area (Å²) in [6, 6.07) is -2.93. The van der Waals surface area contributed by atoms with Crippen LogP contribution in [0.2, 0.25) is 0 Å². The van der Waals surface area contributed by atoms with E-state index in [1.807, 2.05) is 0 Å². The molecule has 3 atom stereocenters. The van der Waals surface area contributed by atoms with Gasteiger partial charge in [0.05, 0.1) is 19.1 Å². The van der Waals surface area contributed by atoms with Gasteiger partial charge in [0.25, 0.3) is 0 Å². The van der Waals surface area contributed by atoms with E-state index in [1.165, 1.54) is 0 Å². The number of carbonyl (C=O) groups is 5. The Morgan fingerprint density at radius 3 is 1.86 bits per heavy atom. The minimum Gasteiger partial charge on any atom is -0.480 e. The lowest BCUT2D eigenvalue weighted by atomic mass is 10.0. The third kappa shape index (κ3) is 10.1. The fourth-order valence-corrected chi connectivity index (χ4v) is 2.29. The SMILES string of the molecule is CC(C)C(N)C(=O)NCC(=O)NCC(=O)NC(CS)C(=O)NC(C(=O)O)C(C)C. The number of carboxylic acid groups (broad SMARTS) is 1. The number of nitrogens with one attached hydrogen (secondary N) is 4. The van der Waals surface area contributed by atoms with Crippen LogP contribution in [0, 0.1) is 11.8 Å². The molecule has 0 fully saturated rings. The summed E-state index contributed by atoms with van der Waals surface area (Å²) < 4.78 is 0. The lowest BCUT2D eigenvalue weighted by Crippen LogP contribution is -2.55. The third-order valence-corrected chi connectivity index (χ3v) is 4.32. The molecule has 0 radical (unpaired) electrons. The second-order valence-electron chi connectivity index (χ2n) is 7.14. The standard InChI is InChI=1S/C17H31N5O6S/c1-8(2)13(18)16(26)20-5-11(23)19-6-12(24)21-10(7-29)15(25)22-14(9(3)4)17(27)28/h8-10,13-14,29H,5-7,18H2,1-4H3,(H,19,23)(H,20,26)(H,21,24)(H,22,25)(H,27,28). The first-order chi connectivity index (χ1) is 13.4. The first-order valence-electron chi connectivity index (χ1n) is 9.14. The molecule has 3 unspecified atom stereocenters. The molecule has 29 heavy (non-hydrogen) atoms. The lowest BCUT2D eigenvalue weighted by molar-refractivity contribution is -0.143. The normalized spacial score (nSPS) is 13.9. The van der Waals surface area contributed by atoms with E-state index in [2.05, 4.69) is 33.9 Å². The van der Waals surface area contributed by atoms with Crippen LogP contribution in [0.5, 0.6) is 0 Å². The molecule has 11 nitrogen and oxygen atoms in total. The van der Waals surface area contributed by atoms with Crippen molar-refractivity contribution >= 4 is 42.2 Å². The van der Waals surface area contributed by atoms with E-state index in [0.717, 1.165) is 0 Å². The van der Waals surface area contributed by atoms with Gasteiger partial charge in [-0.1, -0.05) is 27.7 Å². The highest BCUT2D eigenvalue weighted by Crippen LogP contribution is 2.03. The largest absolute Gasteiger partial charge is 0.480 e. The van der Waals surface area contributed by atoms with Gasteiger partial charge in [-0.3, -0.25) is 19.2 Å². The third-order valence-electron chi connectivity index (χ3n) is 3.96. The van der Waals surface area contributed by atoms with Crippen LogP contribution in [-0.2, 0) is 24.0 Å². The predicted octanol–water partition coefficient (Wildman–Crippen LogP) is -2.16. The molecule has 0 aliphatic rings. The zero-order valence-corrected chi connectivity index (χ0v) is 17.9. The monoisotopic (exact) mass is 433 g/mol. The molecular formula is C17H31N5O6S. The first kappa shape index (κ1) is 26.7. The van der Waals surface area contributed by atoms with Gasteiger partial charge in [-0.2, -0.15) is 12.6 Å².